The number of sulfonamides is 1. The zero-order valence-corrected chi connectivity index (χ0v) is 18.7. The number of hydrogen-bond donors (Lipinski definition) is 1. The van der Waals surface area contributed by atoms with Crippen molar-refractivity contribution < 1.29 is 13.2 Å². The first-order valence-electron chi connectivity index (χ1n) is 9.69. The van der Waals surface area contributed by atoms with E-state index in [9.17, 15) is 13.2 Å². The highest BCUT2D eigenvalue weighted by atomic mass is 35.5. The minimum Gasteiger partial charge on any atom is -0.326 e. The number of carbonyl (C=O) groups is 1. The van der Waals surface area contributed by atoms with E-state index in [1.165, 1.54) is 16.4 Å². The van der Waals surface area contributed by atoms with Crippen LogP contribution in [0, 0.1) is 5.92 Å². The number of hydrogen-bond acceptors (Lipinski definition) is 4. The standard InChI is InChI=1S/C21H20Cl2N4O3S/c22-16-3-6-18(7-4-16)31(29,30)27-10-1-2-15(13-27)21(28)25-17-5-8-20(19(23)12-17)26-11-9-24-14-26/h3-9,11-12,14-15H,1-2,10,13H2,(H,25,28). The highest BCUT2D eigenvalue weighted by Crippen LogP contribution is 2.27. The van der Waals surface area contributed by atoms with E-state index in [-0.39, 0.29) is 17.3 Å². The van der Waals surface area contributed by atoms with E-state index in [0.717, 1.165) is 5.69 Å². The summed E-state index contributed by atoms with van der Waals surface area (Å²) >= 11 is 12.2. The molecule has 1 aliphatic heterocycles. The predicted octanol–water partition coefficient (Wildman–Crippen LogP) is 4.22. The summed E-state index contributed by atoms with van der Waals surface area (Å²) in [5.74, 6) is -0.689. The Morgan fingerprint density at radius 3 is 2.58 bits per heavy atom. The molecule has 1 atom stereocenters. The van der Waals surface area contributed by atoms with Crippen LogP contribution in [0.1, 0.15) is 12.8 Å². The fraction of sp³-hybridized carbons (Fsp3) is 0.238. The molecule has 0 aliphatic carbocycles. The van der Waals surface area contributed by atoms with Gasteiger partial charge in [0.2, 0.25) is 15.9 Å². The molecule has 0 spiro atoms. The van der Waals surface area contributed by atoms with Gasteiger partial charge >= 0.3 is 0 Å². The lowest BCUT2D eigenvalue weighted by atomic mass is 9.98. The summed E-state index contributed by atoms with van der Waals surface area (Å²) in [5.41, 5.74) is 1.30. The number of nitrogens with one attached hydrogen (secondary N) is 1. The number of aromatic nitrogens is 2. The molecule has 162 valence electrons. The molecule has 0 bridgehead atoms. The normalized spacial score (nSPS) is 17.4. The SMILES string of the molecule is O=C(Nc1ccc(-n2ccnc2)c(Cl)c1)C1CCCN(S(=O)(=O)c2ccc(Cl)cc2)C1. The van der Waals surface area contributed by atoms with Gasteiger partial charge in [-0.05, 0) is 55.3 Å². The molecule has 31 heavy (non-hydrogen) atoms. The highest BCUT2D eigenvalue weighted by Gasteiger charge is 2.33. The van der Waals surface area contributed by atoms with Crippen molar-refractivity contribution in [2.75, 3.05) is 18.4 Å². The van der Waals surface area contributed by atoms with Gasteiger partial charge in [0.25, 0.3) is 0 Å². The van der Waals surface area contributed by atoms with Gasteiger partial charge in [-0.1, -0.05) is 23.2 Å². The van der Waals surface area contributed by atoms with Gasteiger partial charge in [-0.25, -0.2) is 13.4 Å². The second-order valence-corrected chi connectivity index (χ2v) is 10.1. The van der Waals surface area contributed by atoms with Crippen LogP contribution < -0.4 is 5.32 Å². The summed E-state index contributed by atoms with van der Waals surface area (Å²) in [6.07, 6.45) is 6.28. The molecule has 0 radical (unpaired) electrons. The Balaban J connectivity index is 1.45. The van der Waals surface area contributed by atoms with Crippen LogP contribution in [0.2, 0.25) is 10.0 Å². The Morgan fingerprint density at radius 2 is 1.90 bits per heavy atom. The zero-order valence-electron chi connectivity index (χ0n) is 16.4. The molecule has 2 aromatic carbocycles. The molecule has 1 saturated heterocycles. The third-order valence-electron chi connectivity index (χ3n) is 5.20. The number of anilines is 1. The monoisotopic (exact) mass is 478 g/mol. The second kappa shape index (κ2) is 9.00. The number of piperidine rings is 1. The second-order valence-electron chi connectivity index (χ2n) is 7.28. The molecule has 10 heteroatoms. The van der Waals surface area contributed by atoms with Crippen molar-refractivity contribution in [3.05, 3.63) is 71.2 Å². The third-order valence-corrected chi connectivity index (χ3v) is 7.64. The molecule has 2 heterocycles. The number of amides is 1. The van der Waals surface area contributed by atoms with E-state index in [2.05, 4.69) is 10.3 Å². The van der Waals surface area contributed by atoms with Crippen molar-refractivity contribution >= 4 is 44.8 Å². The van der Waals surface area contributed by atoms with Gasteiger partial charge in [0, 0.05) is 36.2 Å². The van der Waals surface area contributed by atoms with Crippen LogP contribution in [-0.4, -0.2) is 41.3 Å². The lowest BCUT2D eigenvalue weighted by Gasteiger charge is -2.31. The maximum Gasteiger partial charge on any atom is 0.243 e. The Kier molecular flexibility index (Phi) is 6.34. The van der Waals surface area contributed by atoms with E-state index in [4.69, 9.17) is 23.2 Å². The lowest BCUT2D eigenvalue weighted by Crippen LogP contribution is -2.43. The van der Waals surface area contributed by atoms with Gasteiger partial charge in [-0.2, -0.15) is 4.31 Å². The van der Waals surface area contributed by atoms with Crippen molar-refractivity contribution in [1.29, 1.82) is 0 Å². The maximum absolute atomic E-state index is 12.9. The largest absolute Gasteiger partial charge is 0.326 e. The van der Waals surface area contributed by atoms with Crippen molar-refractivity contribution in [2.45, 2.75) is 17.7 Å². The first kappa shape index (κ1) is 21.8. The van der Waals surface area contributed by atoms with Crippen molar-refractivity contribution in [2.24, 2.45) is 5.92 Å². The van der Waals surface area contributed by atoms with Crippen molar-refractivity contribution in [1.82, 2.24) is 13.9 Å². The average molecular weight is 479 g/mol. The first-order valence-corrected chi connectivity index (χ1v) is 11.9. The number of halogens is 2. The van der Waals surface area contributed by atoms with Crippen LogP contribution in [0.4, 0.5) is 5.69 Å². The smallest absolute Gasteiger partial charge is 0.243 e. The Hall–Kier alpha value is -2.39. The van der Waals surface area contributed by atoms with Crippen LogP contribution >= 0.6 is 23.2 Å². The van der Waals surface area contributed by atoms with Crippen molar-refractivity contribution in [3.63, 3.8) is 0 Å². The van der Waals surface area contributed by atoms with E-state index >= 15 is 0 Å². The fourth-order valence-electron chi connectivity index (χ4n) is 3.57. The van der Waals surface area contributed by atoms with Crippen LogP contribution in [0.3, 0.4) is 0 Å². The lowest BCUT2D eigenvalue weighted by molar-refractivity contribution is -0.120. The Bertz CT molecular complexity index is 1180. The molecule has 3 aromatic rings. The molecule has 1 N–H and O–H groups in total. The minimum atomic E-state index is -3.69. The van der Waals surface area contributed by atoms with Crippen LogP contribution in [0.15, 0.2) is 66.1 Å². The van der Waals surface area contributed by atoms with Gasteiger partial charge in [-0.15, -0.1) is 0 Å². The number of imidazole rings is 1. The van der Waals surface area contributed by atoms with E-state index in [1.807, 2.05) is 0 Å². The van der Waals surface area contributed by atoms with Gasteiger partial charge in [0.15, 0.2) is 0 Å². The number of benzene rings is 2. The number of carbonyl (C=O) groups excluding carboxylic acids is 1. The van der Waals surface area contributed by atoms with Crippen molar-refractivity contribution in [3.8, 4) is 5.69 Å². The van der Waals surface area contributed by atoms with E-state index in [0.29, 0.717) is 35.1 Å². The summed E-state index contributed by atoms with van der Waals surface area (Å²) in [4.78, 5) is 17.0. The third kappa shape index (κ3) is 4.77. The predicted molar refractivity (Wildman–Crippen MR) is 120 cm³/mol. The molecule has 1 aliphatic rings. The van der Waals surface area contributed by atoms with Crippen LogP contribution in [0.5, 0.6) is 0 Å². The van der Waals surface area contributed by atoms with Gasteiger partial charge < -0.3 is 9.88 Å². The molecule has 0 saturated carbocycles. The topological polar surface area (TPSA) is 84.3 Å². The van der Waals surface area contributed by atoms with Crippen LogP contribution in [0.25, 0.3) is 5.69 Å². The van der Waals surface area contributed by atoms with E-state index in [1.54, 1.807) is 53.6 Å². The maximum atomic E-state index is 12.9. The molecular formula is C21H20Cl2N4O3S. The molecular weight excluding hydrogens is 459 g/mol. The Morgan fingerprint density at radius 1 is 1.13 bits per heavy atom. The zero-order chi connectivity index (χ0) is 22.0. The highest BCUT2D eigenvalue weighted by molar-refractivity contribution is 7.89. The Labute approximate surface area is 190 Å². The molecule has 1 fully saturated rings. The number of nitrogens with zero attached hydrogens (tertiary/aromatic N) is 3. The summed E-state index contributed by atoms with van der Waals surface area (Å²) in [6.45, 7) is 0.498. The summed E-state index contributed by atoms with van der Waals surface area (Å²) < 4.78 is 29.0. The molecule has 7 nitrogen and oxygen atoms in total. The van der Waals surface area contributed by atoms with Gasteiger partial charge in [0.05, 0.1) is 27.9 Å². The van der Waals surface area contributed by atoms with E-state index < -0.39 is 15.9 Å². The molecule has 1 aromatic heterocycles. The van der Waals surface area contributed by atoms with Crippen LogP contribution in [-0.2, 0) is 14.8 Å². The fourth-order valence-corrected chi connectivity index (χ4v) is 5.50. The molecule has 1 amide bonds. The summed E-state index contributed by atoms with van der Waals surface area (Å²) in [7, 11) is -3.69. The summed E-state index contributed by atoms with van der Waals surface area (Å²) in [6, 6.07) is 11.2. The quantitative estimate of drug-likeness (QED) is 0.594. The number of rotatable bonds is 5. The summed E-state index contributed by atoms with van der Waals surface area (Å²) in [5, 5.41) is 3.79. The first-order chi connectivity index (χ1) is 14.8. The van der Waals surface area contributed by atoms with Gasteiger partial charge in [-0.3, -0.25) is 4.79 Å². The minimum absolute atomic E-state index is 0.123. The molecule has 1 unspecified atom stereocenters. The average Bonchev–Trinajstić information content (AvgIpc) is 3.29. The molecule has 4 rings (SSSR count). The van der Waals surface area contributed by atoms with Gasteiger partial charge in [0.1, 0.15) is 0 Å².